The van der Waals surface area contributed by atoms with Crippen LogP contribution in [0.3, 0.4) is 0 Å². The highest BCUT2D eigenvalue weighted by molar-refractivity contribution is 6.55. The van der Waals surface area contributed by atoms with Crippen molar-refractivity contribution in [2.45, 2.75) is 20.6 Å². The Kier molecular flexibility index (Phi) is 3.87. The maximum absolute atomic E-state index is 12.2. The second-order valence-electron chi connectivity index (χ2n) is 5.95. The van der Waals surface area contributed by atoms with Gasteiger partial charge >= 0.3 is 5.97 Å². The first kappa shape index (κ1) is 15.3. The van der Waals surface area contributed by atoms with Gasteiger partial charge in [0, 0.05) is 0 Å². The van der Waals surface area contributed by atoms with Crippen molar-refractivity contribution >= 4 is 40.2 Å². The number of rotatable bonds is 4. The summed E-state index contributed by atoms with van der Waals surface area (Å²) in [6.45, 7) is 4.01. The molecule has 1 saturated carbocycles. The SMILES string of the molecule is CC1(C)[C@H](C=C(Cl)Cl)[C@H]1C(=O)OCn1nnc2ccccc21. The van der Waals surface area contributed by atoms with E-state index < -0.39 is 0 Å². The summed E-state index contributed by atoms with van der Waals surface area (Å²) < 4.78 is 7.11. The van der Waals surface area contributed by atoms with Gasteiger partial charge in [0.2, 0.25) is 0 Å². The lowest BCUT2D eigenvalue weighted by Crippen LogP contribution is -2.14. The average Bonchev–Trinajstić information content (AvgIpc) is 2.83. The number of ether oxygens (including phenoxy) is 1. The summed E-state index contributed by atoms with van der Waals surface area (Å²) in [5.74, 6) is -0.521. The molecule has 2 aromatic rings. The number of allylic oxidation sites excluding steroid dienone is 1. The molecule has 1 aliphatic rings. The molecule has 0 N–H and O–H groups in total. The lowest BCUT2D eigenvalue weighted by atomic mass is 10.1. The van der Waals surface area contributed by atoms with Crippen molar-refractivity contribution < 1.29 is 9.53 Å². The van der Waals surface area contributed by atoms with Crippen LogP contribution in [0.15, 0.2) is 34.8 Å². The number of benzene rings is 1. The molecule has 22 heavy (non-hydrogen) atoms. The predicted octanol–water partition coefficient (Wildman–Crippen LogP) is 3.52. The number of aromatic nitrogens is 3. The normalized spacial score (nSPS) is 22.4. The molecular weight excluding hydrogens is 325 g/mol. The molecule has 1 aromatic carbocycles. The minimum Gasteiger partial charge on any atom is -0.442 e. The number of carbonyl (C=O) groups excluding carboxylic acids is 1. The lowest BCUT2D eigenvalue weighted by Gasteiger charge is -2.06. The second-order valence-corrected chi connectivity index (χ2v) is 6.96. The summed E-state index contributed by atoms with van der Waals surface area (Å²) in [7, 11) is 0. The number of nitrogens with zero attached hydrogens (tertiary/aromatic N) is 3. The zero-order valence-electron chi connectivity index (χ0n) is 12.2. The van der Waals surface area contributed by atoms with E-state index in [9.17, 15) is 4.79 Å². The molecule has 0 aliphatic heterocycles. The first-order chi connectivity index (χ1) is 10.4. The largest absolute Gasteiger partial charge is 0.442 e. The van der Waals surface area contributed by atoms with Crippen LogP contribution in [0.4, 0.5) is 0 Å². The molecule has 0 amide bonds. The third kappa shape index (κ3) is 2.71. The van der Waals surface area contributed by atoms with Gasteiger partial charge in [-0.15, -0.1) is 5.10 Å². The van der Waals surface area contributed by atoms with Crippen molar-refractivity contribution in [1.82, 2.24) is 15.0 Å². The van der Waals surface area contributed by atoms with Gasteiger partial charge in [0.15, 0.2) is 6.73 Å². The van der Waals surface area contributed by atoms with Crippen molar-refractivity contribution in [2.75, 3.05) is 0 Å². The number of esters is 1. The van der Waals surface area contributed by atoms with Crippen LogP contribution in [0, 0.1) is 17.3 Å². The lowest BCUT2D eigenvalue weighted by molar-refractivity contribution is -0.150. The van der Waals surface area contributed by atoms with Gasteiger partial charge in [-0.1, -0.05) is 54.4 Å². The fourth-order valence-corrected chi connectivity index (χ4v) is 3.07. The summed E-state index contributed by atoms with van der Waals surface area (Å²) >= 11 is 11.4. The van der Waals surface area contributed by atoms with E-state index in [0.29, 0.717) is 0 Å². The first-order valence-corrected chi connectivity index (χ1v) is 7.64. The van der Waals surface area contributed by atoms with E-state index in [2.05, 4.69) is 10.3 Å². The Balaban J connectivity index is 1.67. The van der Waals surface area contributed by atoms with Crippen molar-refractivity contribution in [2.24, 2.45) is 17.3 Å². The zero-order valence-corrected chi connectivity index (χ0v) is 13.7. The minimum absolute atomic E-state index is 0.00232. The van der Waals surface area contributed by atoms with E-state index in [-0.39, 0.29) is 34.4 Å². The molecule has 1 aliphatic carbocycles. The molecule has 0 saturated heterocycles. The van der Waals surface area contributed by atoms with Gasteiger partial charge in [-0.2, -0.15) is 0 Å². The fourth-order valence-electron chi connectivity index (χ4n) is 2.80. The Morgan fingerprint density at radius 1 is 1.41 bits per heavy atom. The molecule has 7 heteroatoms. The first-order valence-electron chi connectivity index (χ1n) is 6.89. The Morgan fingerprint density at radius 3 is 2.86 bits per heavy atom. The molecule has 1 heterocycles. The van der Waals surface area contributed by atoms with Crippen LogP contribution >= 0.6 is 23.2 Å². The highest BCUT2D eigenvalue weighted by Gasteiger charge is 2.61. The number of halogens is 2. The molecule has 0 bridgehead atoms. The van der Waals surface area contributed by atoms with E-state index in [1.807, 2.05) is 38.1 Å². The maximum atomic E-state index is 12.2. The molecule has 1 fully saturated rings. The van der Waals surface area contributed by atoms with Gasteiger partial charge in [0.05, 0.1) is 11.4 Å². The van der Waals surface area contributed by atoms with Crippen molar-refractivity contribution in [3.05, 3.63) is 34.8 Å². The number of hydrogen-bond donors (Lipinski definition) is 0. The summed E-state index contributed by atoms with van der Waals surface area (Å²) in [6.07, 6.45) is 1.69. The van der Waals surface area contributed by atoms with Crippen molar-refractivity contribution in [1.29, 1.82) is 0 Å². The quantitative estimate of drug-likeness (QED) is 0.799. The van der Waals surface area contributed by atoms with E-state index in [1.165, 1.54) is 0 Å². The van der Waals surface area contributed by atoms with Gasteiger partial charge in [-0.25, -0.2) is 4.68 Å². The van der Waals surface area contributed by atoms with Gasteiger partial charge in [-0.05, 0) is 29.5 Å². The molecule has 5 nitrogen and oxygen atoms in total. The van der Waals surface area contributed by atoms with Gasteiger partial charge < -0.3 is 4.74 Å². The molecule has 0 unspecified atom stereocenters. The highest BCUT2D eigenvalue weighted by atomic mass is 35.5. The number of hydrogen-bond acceptors (Lipinski definition) is 4. The van der Waals surface area contributed by atoms with E-state index in [4.69, 9.17) is 27.9 Å². The smallest absolute Gasteiger partial charge is 0.311 e. The van der Waals surface area contributed by atoms with Crippen LogP contribution in [0.5, 0.6) is 0 Å². The van der Waals surface area contributed by atoms with E-state index in [0.717, 1.165) is 11.0 Å². The second kappa shape index (κ2) is 5.56. The minimum atomic E-state index is -0.277. The Labute approximate surface area is 137 Å². The molecule has 0 radical (unpaired) electrons. The summed E-state index contributed by atoms with van der Waals surface area (Å²) in [6, 6.07) is 7.50. The summed E-state index contributed by atoms with van der Waals surface area (Å²) in [4.78, 5) is 12.2. The molecule has 2 atom stereocenters. The summed E-state index contributed by atoms with van der Waals surface area (Å²) in [5.41, 5.74) is 1.39. The Hall–Kier alpha value is -1.59. The number of para-hydroxylation sites is 1. The van der Waals surface area contributed by atoms with Crippen LogP contribution in [0.2, 0.25) is 0 Å². The topological polar surface area (TPSA) is 57.0 Å². The Bertz CT molecular complexity index is 750. The number of fused-ring (bicyclic) bond motifs is 1. The van der Waals surface area contributed by atoms with Crippen LogP contribution in [-0.4, -0.2) is 21.0 Å². The summed E-state index contributed by atoms with van der Waals surface area (Å²) in [5, 5.41) is 8.00. The maximum Gasteiger partial charge on any atom is 0.311 e. The van der Waals surface area contributed by atoms with E-state index >= 15 is 0 Å². The van der Waals surface area contributed by atoms with Crippen molar-refractivity contribution in [3.63, 3.8) is 0 Å². The third-order valence-corrected chi connectivity index (χ3v) is 4.47. The van der Waals surface area contributed by atoms with Crippen molar-refractivity contribution in [3.8, 4) is 0 Å². The highest BCUT2D eigenvalue weighted by Crippen LogP contribution is 2.60. The van der Waals surface area contributed by atoms with Crippen LogP contribution < -0.4 is 0 Å². The molecule has 0 spiro atoms. The molecular formula is C15H15Cl2N3O2. The molecule has 116 valence electrons. The van der Waals surface area contributed by atoms with Crippen LogP contribution in [0.1, 0.15) is 13.8 Å². The van der Waals surface area contributed by atoms with Gasteiger partial charge in [-0.3, -0.25) is 4.79 Å². The van der Waals surface area contributed by atoms with Crippen LogP contribution in [-0.2, 0) is 16.3 Å². The molecule has 1 aromatic heterocycles. The van der Waals surface area contributed by atoms with Gasteiger partial charge in [0.25, 0.3) is 0 Å². The van der Waals surface area contributed by atoms with E-state index in [1.54, 1.807) is 10.8 Å². The zero-order chi connectivity index (χ0) is 15.9. The predicted molar refractivity (Wildman–Crippen MR) is 84.2 cm³/mol. The van der Waals surface area contributed by atoms with Gasteiger partial charge in [0.1, 0.15) is 10.0 Å². The fraction of sp³-hybridized carbons (Fsp3) is 0.400. The third-order valence-electron chi connectivity index (χ3n) is 4.22. The Morgan fingerprint density at radius 2 is 2.14 bits per heavy atom. The monoisotopic (exact) mass is 339 g/mol. The average molecular weight is 340 g/mol. The number of carbonyl (C=O) groups is 1. The van der Waals surface area contributed by atoms with Crippen LogP contribution in [0.25, 0.3) is 11.0 Å². The standard InChI is InChI=1S/C15H15Cl2N3O2/c1-15(2)9(7-12(16)17)13(15)14(21)22-8-20-11-6-4-3-5-10(11)18-19-20/h3-7,9,13H,8H2,1-2H3/t9-,13+/m1/s1. The molecule has 3 rings (SSSR count).